The molecule has 1 aliphatic rings. The van der Waals surface area contributed by atoms with Crippen LogP contribution in [0.4, 0.5) is 0 Å². The van der Waals surface area contributed by atoms with E-state index in [0.717, 1.165) is 25.7 Å². The molecule has 0 radical (unpaired) electrons. The highest BCUT2D eigenvalue weighted by molar-refractivity contribution is 5.73. The first-order chi connectivity index (χ1) is 5.18. The van der Waals surface area contributed by atoms with Crippen molar-refractivity contribution in [3.63, 3.8) is 0 Å². The van der Waals surface area contributed by atoms with Crippen molar-refractivity contribution in [1.29, 1.82) is 0 Å². The van der Waals surface area contributed by atoms with Crippen molar-refractivity contribution in [1.82, 2.24) is 0 Å². The van der Waals surface area contributed by atoms with E-state index in [4.69, 9.17) is 5.73 Å². The minimum Gasteiger partial charge on any atom is -0.393 e. The fraction of sp³-hybridized carbons (Fsp3) is 0.875. The Kier molecular flexibility index (Phi) is 2.88. The van der Waals surface area contributed by atoms with E-state index in [9.17, 15) is 9.90 Å². The second-order valence-electron chi connectivity index (χ2n) is 3.36. The topological polar surface area (TPSA) is 63.3 Å². The van der Waals surface area contributed by atoms with Crippen molar-refractivity contribution in [2.24, 2.45) is 11.7 Å². The van der Waals surface area contributed by atoms with E-state index in [1.807, 2.05) is 0 Å². The molecule has 0 aromatic rings. The third kappa shape index (κ3) is 2.89. The van der Waals surface area contributed by atoms with Gasteiger partial charge in [-0.3, -0.25) is 4.79 Å². The molecule has 0 saturated heterocycles. The van der Waals surface area contributed by atoms with Gasteiger partial charge in [0.2, 0.25) is 5.91 Å². The number of rotatable bonds is 2. The van der Waals surface area contributed by atoms with Gasteiger partial charge in [0.1, 0.15) is 0 Å². The lowest BCUT2D eigenvalue weighted by atomic mass is 9.85. The lowest BCUT2D eigenvalue weighted by molar-refractivity contribution is -0.119. The molecule has 2 atom stereocenters. The summed E-state index contributed by atoms with van der Waals surface area (Å²) in [7, 11) is 0. The average Bonchev–Trinajstić information content (AvgIpc) is 1.85. The Labute approximate surface area is 66.6 Å². The molecule has 0 bridgehead atoms. The fourth-order valence-corrected chi connectivity index (χ4v) is 1.73. The minimum absolute atomic E-state index is 0.201. The van der Waals surface area contributed by atoms with Crippen LogP contribution in [-0.2, 0) is 4.79 Å². The number of primary amides is 1. The van der Waals surface area contributed by atoms with Crippen molar-refractivity contribution in [3.05, 3.63) is 0 Å². The maximum absolute atomic E-state index is 10.5. The van der Waals surface area contributed by atoms with Gasteiger partial charge in [0.15, 0.2) is 0 Å². The predicted octanol–water partition coefficient (Wildman–Crippen LogP) is 0.413. The second-order valence-corrected chi connectivity index (χ2v) is 3.36. The number of nitrogens with two attached hydrogens (primary N) is 1. The zero-order chi connectivity index (χ0) is 8.27. The van der Waals surface area contributed by atoms with Crippen molar-refractivity contribution in [2.45, 2.75) is 38.2 Å². The summed E-state index contributed by atoms with van der Waals surface area (Å²) in [6, 6.07) is 0. The van der Waals surface area contributed by atoms with Crippen molar-refractivity contribution in [3.8, 4) is 0 Å². The summed E-state index contributed by atoms with van der Waals surface area (Å²) >= 11 is 0. The minimum atomic E-state index is -0.246. The number of amides is 1. The predicted molar refractivity (Wildman–Crippen MR) is 41.8 cm³/mol. The maximum atomic E-state index is 10.5. The summed E-state index contributed by atoms with van der Waals surface area (Å²) < 4.78 is 0. The third-order valence-electron chi connectivity index (χ3n) is 2.24. The monoisotopic (exact) mass is 157 g/mol. The number of hydrogen-bond donors (Lipinski definition) is 2. The van der Waals surface area contributed by atoms with Crippen LogP contribution in [0.1, 0.15) is 32.1 Å². The number of aliphatic hydroxyl groups is 1. The molecule has 0 heterocycles. The van der Waals surface area contributed by atoms with E-state index in [1.54, 1.807) is 0 Å². The maximum Gasteiger partial charge on any atom is 0.217 e. The lowest BCUT2D eigenvalue weighted by Gasteiger charge is -2.24. The quantitative estimate of drug-likeness (QED) is 0.610. The Morgan fingerprint density at radius 2 is 2.27 bits per heavy atom. The number of carbonyl (C=O) groups excluding carboxylic acids is 1. The van der Waals surface area contributed by atoms with Crippen molar-refractivity contribution in [2.75, 3.05) is 0 Å². The molecule has 0 aliphatic heterocycles. The smallest absolute Gasteiger partial charge is 0.217 e. The third-order valence-corrected chi connectivity index (χ3v) is 2.24. The molecule has 1 fully saturated rings. The molecule has 1 rings (SSSR count). The molecule has 1 saturated carbocycles. The molecular formula is C8H15NO2. The van der Waals surface area contributed by atoms with E-state index >= 15 is 0 Å². The Morgan fingerprint density at radius 1 is 1.55 bits per heavy atom. The van der Waals surface area contributed by atoms with Gasteiger partial charge >= 0.3 is 0 Å². The highest BCUT2D eigenvalue weighted by atomic mass is 16.3. The molecule has 0 unspecified atom stereocenters. The number of hydrogen-bond acceptors (Lipinski definition) is 2. The zero-order valence-electron chi connectivity index (χ0n) is 6.62. The van der Waals surface area contributed by atoms with Crippen LogP contribution in [0.15, 0.2) is 0 Å². The van der Waals surface area contributed by atoms with E-state index in [0.29, 0.717) is 12.3 Å². The Bertz CT molecular complexity index is 147. The molecule has 0 spiro atoms. The lowest BCUT2D eigenvalue weighted by Crippen LogP contribution is -2.24. The van der Waals surface area contributed by atoms with Crippen molar-refractivity contribution < 1.29 is 9.90 Å². The molecule has 11 heavy (non-hydrogen) atoms. The van der Waals surface area contributed by atoms with Gasteiger partial charge in [-0.05, 0) is 25.2 Å². The van der Waals surface area contributed by atoms with Gasteiger partial charge < -0.3 is 10.8 Å². The summed E-state index contributed by atoms with van der Waals surface area (Å²) in [6.07, 6.45) is 3.95. The van der Waals surface area contributed by atoms with Gasteiger partial charge in [-0.15, -0.1) is 0 Å². The van der Waals surface area contributed by atoms with Crippen LogP contribution in [0.5, 0.6) is 0 Å². The molecule has 3 nitrogen and oxygen atoms in total. The molecule has 3 heteroatoms. The molecule has 1 amide bonds. The fourth-order valence-electron chi connectivity index (χ4n) is 1.73. The molecule has 0 aromatic heterocycles. The van der Waals surface area contributed by atoms with Crippen LogP contribution in [0.3, 0.4) is 0 Å². The Morgan fingerprint density at radius 3 is 2.82 bits per heavy atom. The summed E-state index contributed by atoms with van der Waals surface area (Å²) in [6.45, 7) is 0. The molecule has 64 valence electrons. The highest BCUT2D eigenvalue weighted by Crippen LogP contribution is 2.26. The van der Waals surface area contributed by atoms with Crippen LogP contribution in [-0.4, -0.2) is 17.1 Å². The Hall–Kier alpha value is -0.570. The molecule has 0 aromatic carbocycles. The van der Waals surface area contributed by atoms with E-state index < -0.39 is 0 Å². The van der Waals surface area contributed by atoms with Crippen LogP contribution >= 0.6 is 0 Å². The van der Waals surface area contributed by atoms with Crippen LogP contribution in [0.2, 0.25) is 0 Å². The van der Waals surface area contributed by atoms with E-state index in [1.165, 1.54) is 0 Å². The average molecular weight is 157 g/mol. The van der Waals surface area contributed by atoms with Gasteiger partial charge in [0.25, 0.3) is 0 Å². The summed E-state index contributed by atoms with van der Waals surface area (Å²) in [5, 5.41) is 9.24. The van der Waals surface area contributed by atoms with Crippen LogP contribution in [0, 0.1) is 5.92 Å². The Balaban J connectivity index is 2.28. The largest absolute Gasteiger partial charge is 0.393 e. The number of aliphatic hydroxyl groups excluding tert-OH is 1. The summed E-state index contributed by atoms with van der Waals surface area (Å²) in [5.74, 6) is 0.0837. The second kappa shape index (κ2) is 3.72. The van der Waals surface area contributed by atoms with Crippen LogP contribution < -0.4 is 5.73 Å². The zero-order valence-corrected chi connectivity index (χ0v) is 6.62. The highest BCUT2D eigenvalue weighted by Gasteiger charge is 2.21. The van der Waals surface area contributed by atoms with Crippen molar-refractivity contribution >= 4 is 5.91 Å². The van der Waals surface area contributed by atoms with Gasteiger partial charge in [-0.25, -0.2) is 0 Å². The van der Waals surface area contributed by atoms with E-state index in [2.05, 4.69) is 0 Å². The molecule has 3 N–H and O–H groups in total. The van der Waals surface area contributed by atoms with Gasteiger partial charge in [0.05, 0.1) is 6.10 Å². The SMILES string of the molecule is NC(=O)C[C@@H]1CCC[C@@H](O)C1. The van der Waals surface area contributed by atoms with Gasteiger partial charge in [0, 0.05) is 6.42 Å². The first-order valence-corrected chi connectivity index (χ1v) is 4.15. The summed E-state index contributed by atoms with van der Waals surface area (Å²) in [4.78, 5) is 10.5. The van der Waals surface area contributed by atoms with Gasteiger partial charge in [-0.2, -0.15) is 0 Å². The summed E-state index contributed by atoms with van der Waals surface area (Å²) in [5.41, 5.74) is 5.05. The standard InChI is InChI=1S/C8H15NO2/c9-8(11)5-6-2-1-3-7(10)4-6/h6-7,10H,1-5H2,(H2,9,11)/t6-,7-/m1/s1. The van der Waals surface area contributed by atoms with E-state index in [-0.39, 0.29) is 12.0 Å². The first kappa shape index (κ1) is 8.53. The normalized spacial score (nSPS) is 31.7. The molecule has 1 aliphatic carbocycles. The number of carbonyl (C=O) groups is 1. The first-order valence-electron chi connectivity index (χ1n) is 4.15. The van der Waals surface area contributed by atoms with Crippen LogP contribution in [0.25, 0.3) is 0 Å². The molecular weight excluding hydrogens is 142 g/mol. The van der Waals surface area contributed by atoms with Gasteiger partial charge in [-0.1, -0.05) is 6.42 Å².